The predicted molar refractivity (Wildman–Crippen MR) is 62.8 cm³/mol. The van der Waals surface area contributed by atoms with Crippen LogP contribution in [0.15, 0.2) is 0 Å². The van der Waals surface area contributed by atoms with Crippen LogP contribution in [-0.2, 0) is 9.59 Å². The third-order valence-electron chi connectivity index (χ3n) is 3.26. The predicted octanol–water partition coefficient (Wildman–Crippen LogP) is 0.663. The fourth-order valence-corrected chi connectivity index (χ4v) is 2.15. The van der Waals surface area contributed by atoms with Crippen molar-refractivity contribution < 1.29 is 9.59 Å². The number of nitriles is 1. The lowest BCUT2D eigenvalue weighted by Crippen LogP contribution is -2.49. The number of likely N-dealkylation sites (N-methyl/N-ethyl adjacent to an activating group) is 1. The van der Waals surface area contributed by atoms with Crippen LogP contribution in [0, 0.1) is 16.7 Å². The average Bonchev–Trinajstić information content (AvgIpc) is 2.77. The average molecular weight is 237 g/mol. The van der Waals surface area contributed by atoms with Gasteiger partial charge in [0, 0.05) is 14.1 Å². The Balaban J connectivity index is 2.66. The van der Waals surface area contributed by atoms with Gasteiger partial charge >= 0.3 is 0 Å². The summed E-state index contributed by atoms with van der Waals surface area (Å²) in [4.78, 5) is 25.1. The molecule has 1 atom stereocenters. The van der Waals surface area contributed by atoms with Crippen LogP contribution in [0.2, 0.25) is 0 Å². The maximum Gasteiger partial charge on any atom is 0.244 e. The molecule has 17 heavy (non-hydrogen) atoms. The number of hydrogen-bond acceptors (Lipinski definition) is 3. The Morgan fingerprint density at radius 3 is 2.29 bits per heavy atom. The maximum atomic E-state index is 12.0. The van der Waals surface area contributed by atoms with E-state index >= 15 is 0 Å². The monoisotopic (exact) mass is 237 g/mol. The molecule has 0 saturated heterocycles. The van der Waals surface area contributed by atoms with Crippen LogP contribution < -0.4 is 5.32 Å². The Morgan fingerprint density at radius 1 is 1.35 bits per heavy atom. The zero-order valence-electron chi connectivity index (χ0n) is 10.6. The van der Waals surface area contributed by atoms with Crippen LogP contribution in [0.3, 0.4) is 0 Å². The summed E-state index contributed by atoms with van der Waals surface area (Å²) in [6.45, 7) is 1.64. The van der Waals surface area contributed by atoms with Crippen LogP contribution in [0.5, 0.6) is 0 Å². The van der Waals surface area contributed by atoms with E-state index in [1.807, 2.05) is 0 Å². The Kier molecular flexibility index (Phi) is 4.11. The summed E-state index contributed by atoms with van der Waals surface area (Å²) in [5, 5.41) is 11.8. The van der Waals surface area contributed by atoms with E-state index in [1.165, 1.54) is 4.90 Å². The first kappa shape index (κ1) is 13.5. The molecule has 0 heterocycles. The van der Waals surface area contributed by atoms with Gasteiger partial charge in [-0.05, 0) is 19.8 Å². The second-order valence-corrected chi connectivity index (χ2v) is 4.83. The van der Waals surface area contributed by atoms with E-state index in [1.54, 1.807) is 21.0 Å². The highest BCUT2D eigenvalue weighted by Crippen LogP contribution is 2.37. The van der Waals surface area contributed by atoms with Gasteiger partial charge in [0.2, 0.25) is 11.8 Å². The minimum Gasteiger partial charge on any atom is -0.347 e. The Hall–Kier alpha value is -1.57. The standard InChI is InChI=1S/C12H19N3O2/c1-9(10(16)15(2)3)14-11(17)12(8-13)6-4-5-7-12/h9H,4-7H2,1-3H3,(H,14,17). The molecule has 1 unspecified atom stereocenters. The molecular weight excluding hydrogens is 218 g/mol. The second kappa shape index (κ2) is 5.17. The highest BCUT2D eigenvalue weighted by atomic mass is 16.2. The minimum atomic E-state index is -0.916. The molecule has 0 aromatic rings. The van der Waals surface area contributed by atoms with E-state index in [0.29, 0.717) is 12.8 Å². The van der Waals surface area contributed by atoms with Gasteiger partial charge in [-0.25, -0.2) is 0 Å². The molecule has 0 aromatic heterocycles. The molecule has 1 aliphatic rings. The molecular formula is C12H19N3O2. The molecule has 0 aliphatic heterocycles. The van der Waals surface area contributed by atoms with Crippen molar-refractivity contribution in [2.45, 2.75) is 38.6 Å². The molecule has 2 amide bonds. The largest absolute Gasteiger partial charge is 0.347 e. The topological polar surface area (TPSA) is 73.2 Å². The molecule has 0 radical (unpaired) electrons. The van der Waals surface area contributed by atoms with Gasteiger partial charge in [0.25, 0.3) is 0 Å². The van der Waals surface area contributed by atoms with Gasteiger partial charge in [0.15, 0.2) is 0 Å². The summed E-state index contributed by atoms with van der Waals surface area (Å²) in [5.74, 6) is -0.468. The summed E-state index contributed by atoms with van der Waals surface area (Å²) in [6, 6.07) is 1.53. The molecule has 1 N–H and O–H groups in total. The van der Waals surface area contributed by atoms with E-state index in [0.717, 1.165) is 12.8 Å². The van der Waals surface area contributed by atoms with Crippen molar-refractivity contribution in [1.82, 2.24) is 10.2 Å². The van der Waals surface area contributed by atoms with Gasteiger partial charge in [0.1, 0.15) is 11.5 Å². The van der Waals surface area contributed by atoms with Gasteiger partial charge in [-0.3, -0.25) is 9.59 Å². The molecule has 5 nitrogen and oxygen atoms in total. The van der Waals surface area contributed by atoms with Crippen molar-refractivity contribution in [3.8, 4) is 6.07 Å². The first-order valence-electron chi connectivity index (χ1n) is 5.86. The molecule has 1 saturated carbocycles. The van der Waals surface area contributed by atoms with Gasteiger partial charge < -0.3 is 10.2 Å². The van der Waals surface area contributed by atoms with Crippen molar-refractivity contribution in [3.05, 3.63) is 0 Å². The Bertz CT molecular complexity index is 351. The normalized spacial score (nSPS) is 19.2. The molecule has 1 rings (SSSR count). The maximum absolute atomic E-state index is 12.0. The number of nitrogens with zero attached hydrogens (tertiary/aromatic N) is 2. The third-order valence-corrected chi connectivity index (χ3v) is 3.26. The first-order valence-corrected chi connectivity index (χ1v) is 5.86. The van der Waals surface area contributed by atoms with Crippen LogP contribution >= 0.6 is 0 Å². The first-order chi connectivity index (χ1) is 7.93. The van der Waals surface area contributed by atoms with Gasteiger partial charge in [-0.15, -0.1) is 0 Å². The third kappa shape index (κ3) is 2.76. The smallest absolute Gasteiger partial charge is 0.244 e. The van der Waals surface area contributed by atoms with Gasteiger partial charge in [0.05, 0.1) is 6.07 Å². The fraction of sp³-hybridized carbons (Fsp3) is 0.750. The SMILES string of the molecule is CC(NC(=O)C1(C#N)CCCC1)C(=O)N(C)C. The van der Waals surface area contributed by atoms with E-state index in [2.05, 4.69) is 11.4 Å². The molecule has 1 aliphatic carbocycles. The van der Waals surface area contributed by atoms with E-state index < -0.39 is 11.5 Å². The molecule has 94 valence electrons. The summed E-state index contributed by atoms with van der Waals surface area (Å²) < 4.78 is 0. The Morgan fingerprint density at radius 2 is 1.88 bits per heavy atom. The number of rotatable bonds is 3. The lowest BCUT2D eigenvalue weighted by Gasteiger charge is -2.23. The van der Waals surface area contributed by atoms with Crippen molar-refractivity contribution in [1.29, 1.82) is 5.26 Å². The zero-order chi connectivity index (χ0) is 13.1. The van der Waals surface area contributed by atoms with Crippen LogP contribution in [0.1, 0.15) is 32.6 Å². The van der Waals surface area contributed by atoms with Crippen molar-refractivity contribution in [3.63, 3.8) is 0 Å². The number of carbonyl (C=O) groups is 2. The number of carbonyl (C=O) groups excluding carboxylic acids is 2. The quantitative estimate of drug-likeness (QED) is 0.783. The van der Waals surface area contributed by atoms with Crippen molar-refractivity contribution >= 4 is 11.8 Å². The number of hydrogen-bond donors (Lipinski definition) is 1. The molecule has 0 bridgehead atoms. The van der Waals surface area contributed by atoms with E-state index in [9.17, 15) is 9.59 Å². The number of amides is 2. The highest BCUT2D eigenvalue weighted by Gasteiger charge is 2.42. The fourth-order valence-electron chi connectivity index (χ4n) is 2.15. The van der Waals surface area contributed by atoms with Crippen molar-refractivity contribution in [2.75, 3.05) is 14.1 Å². The second-order valence-electron chi connectivity index (χ2n) is 4.83. The van der Waals surface area contributed by atoms with Crippen LogP contribution in [0.25, 0.3) is 0 Å². The highest BCUT2D eigenvalue weighted by molar-refractivity contribution is 5.91. The van der Waals surface area contributed by atoms with Crippen LogP contribution in [-0.4, -0.2) is 36.9 Å². The lowest BCUT2D eigenvalue weighted by atomic mass is 9.87. The lowest BCUT2D eigenvalue weighted by molar-refractivity contribution is -0.136. The molecule has 0 spiro atoms. The van der Waals surface area contributed by atoms with Gasteiger partial charge in [-0.1, -0.05) is 12.8 Å². The molecule has 0 aromatic carbocycles. The summed E-state index contributed by atoms with van der Waals surface area (Å²) in [6.07, 6.45) is 2.99. The van der Waals surface area contributed by atoms with Crippen LogP contribution in [0.4, 0.5) is 0 Å². The Labute approximate surface area is 102 Å². The van der Waals surface area contributed by atoms with E-state index in [4.69, 9.17) is 5.26 Å². The number of nitrogens with one attached hydrogen (secondary N) is 1. The summed E-state index contributed by atoms with van der Waals surface area (Å²) in [5.41, 5.74) is -0.916. The zero-order valence-corrected chi connectivity index (χ0v) is 10.6. The molecule has 1 fully saturated rings. The minimum absolute atomic E-state index is 0.163. The molecule has 5 heteroatoms. The van der Waals surface area contributed by atoms with Crippen molar-refractivity contribution in [2.24, 2.45) is 5.41 Å². The van der Waals surface area contributed by atoms with E-state index in [-0.39, 0.29) is 11.8 Å². The summed E-state index contributed by atoms with van der Waals surface area (Å²) >= 11 is 0. The van der Waals surface area contributed by atoms with Gasteiger partial charge in [-0.2, -0.15) is 5.26 Å². The summed E-state index contributed by atoms with van der Waals surface area (Å²) in [7, 11) is 3.28.